The summed E-state index contributed by atoms with van der Waals surface area (Å²) in [4.78, 5) is 11.5. The summed E-state index contributed by atoms with van der Waals surface area (Å²) in [5.74, 6) is 1.44. The van der Waals surface area contributed by atoms with E-state index < -0.39 is 6.36 Å². The molecule has 4 rings (SSSR count). The SMILES string of the molecule is CN(C)c1nc(NC2CCC(NCCCCc3ccc(Br)cc3OC(F)(F)F)CC2)nc2ccccc12.Cl.Cl. The lowest BCUT2D eigenvalue weighted by Gasteiger charge is -2.30. The van der Waals surface area contributed by atoms with Crippen LogP contribution in [0.3, 0.4) is 0 Å². The number of fused-ring (bicyclic) bond motifs is 1. The first-order chi connectivity index (χ1) is 17.7. The molecule has 0 unspecified atom stereocenters. The molecule has 39 heavy (non-hydrogen) atoms. The minimum Gasteiger partial charge on any atom is -0.405 e. The third kappa shape index (κ3) is 9.84. The number of ether oxygens (including phenoxy) is 1. The second-order valence-electron chi connectivity index (χ2n) is 9.69. The number of anilines is 2. The molecule has 0 spiro atoms. The fourth-order valence-electron chi connectivity index (χ4n) is 4.79. The van der Waals surface area contributed by atoms with E-state index in [1.165, 1.54) is 6.07 Å². The van der Waals surface area contributed by atoms with Crippen molar-refractivity contribution in [2.75, 3.05) is 30.9 Å². The highest BCUT2D eigenvalue weighted by molar-refractivity contribution is 9.10. The normalized spacial score (nSPS) is 17.2. The van der Waals surface area contributed by atoms with Gasteiger partial charge in [-0.2, -0.15) is 4.98 Å². The van der Waals surface area contributed by atoms with E-state index in [1.54, 1.807) is 12.1 Å². The quantitative estimate of drug-likeness (QED) is 0.221. The van der Waals surface area contributed by atoms with Crippen molar-refractivity contribution in [2.45, 2.75) is 63.4 Å². The average molecular weight is 653 g/mol. The number of halogens is 6. The summed E-state index contributed by atoms with van der Waals surface area (Å²) in [5.41, 5.74) is 1.50. The van der Waals surface area contributed by atoms with Gasteiger partial charge < -0.3 is 20.3 Å². The maximum atomic E-state index is 12.7. The molecule has 216 valence electrons. The van der Waals surface area contributed by atoms with Crippen molar-refractivity contribution in [2.24, 2.45) is 0 Å². The zero-order valence-electron chi connectivity index (χ0n) is 21.9. The van der Waals surface area contributed by atoms with Gasteiger partial charge in [0.25, 0.3) is 0 Å². The van der Waals surface area contributed by atoms with Crippen molar-refractivity contribution < 1.29 is 17.9 Å². The van der Waals surface area contributed by atoms with Gasteiger partial charge in [0.2, 0.25) is 5.95 Å². The minimum absolute atomic E-state index is 0. The van der Waals surface area contributed by atoms with Crippen molar-refractivity contribution in [3.05, 3.63) is 52.5 Å². The Hall–Kier alpha value is -2.01. The number of rotatable bonds is 10. The van der Waals surface area contributed by atoms with Crippen molar-refractivity contribution in [1.82, 2.24) is 15.3 Å². The highest BCUT2D eigenvalue weighted by Crippen LogP contribution is 2.31. The maximum Gasteiger partial charge on any atom is 0.573 e. The Morgan fingerprint density at radius 1 is 0.974 bits per heavy atom. The highest BCUT2D eigenvalue weighted by Gasteiger charge is 2.32. The Bertz CT molecular complexity index is 1190. The van der Waals surface area contributed by atoms with Crippen LogP contribution in [0.5, 0.6) is 5.75 Å². The molecular weight excluding hydrogens is 618 g/mol. The molecule has 1 saturated carbocycles. The predicted molar refractivity (Wildman–Crippen MR) is 160 cm³/mol. The molecule has 1 fully saturated rings. The van der Waals surface area contributed by atoms with Crippen LogP contribution in [0.25, 0.3) is 10.9 Å². The number of alkyl halides is 3. The van der Waals surface area contributed by atoms with Crippen molar-refractivity contribution in [3.8, 4) is 5.75 Å². The molecule has 1 aliphatic rings. The number of nitrogens with one attached hydrogen (secondary N) is 2. The Kier molecular flexibility index (Phi) is 12.9. The lowest BCUT2D eigenvalue weighted by molar-refractivity contribution is -0.274. The lowest BCUT2D eigenvalue weighted by Crippen LogP contribution is -2.37. The van der Waals surface area contributed by atoms with E-state index in [4.69, 9.17) is 9.97 Å². The van der Waals surface area contributed by atoms with Crippen LogP contribution in [0.15, 0.2) is 46.9 Å². The summed E-state index contributed by atoms with van der Waals surface area (Å²) in [5, 5.41) is 8.19. The first-order valence-corrected chi connectivity index (χ1v) is 13.5. The molecule has 3 aromatic rings. The van der Waals surface area contributed by atoms with E-state index in [9.17, 15) is 13.2 Å². The molecule has 0 saturated heterocycles. The van der Waals surface area contributed by atoms with E-state index in [0.29, 0.717) is 34.5 Å². The summed E-state index contributed by atoms with van der Waals surface area (Å²) < 4.78 is 42.9. The standard InChI is InChI=1S/C27H33BrF3N5O.2ClH/c1-36(2)25-22-8-3-4-9-23(22)34-26(35-25)33-21-14-12-20(13-15-21)32-16-6-5-7-18-10-11-19(28)17-24(18)37-27(29,30)31;;/h3-4,8-11,17,20-21,32H,5-7,12-16H2,1-2H3,(H,33,34,35);2*1H. The summed E-state index contributed by atoms with van der Waals surface area (Å²) >= 11 is 3.21. The predicted octanol–water partition coefficient (Wildman–Crippen LogP) is 7.54. The second kappa shape index (κ2) is 15.1. The molecule has 0 atom stereocenters. The number of hydrogen-bond donors (Lipinski definition) is 2. The van der Waals surface area contributed by atoms with Crippen LogP contribution >= 0.6 is 40.7 Å². The fraction of sp³-hybridized carbons (Fsp3) is 0.481. The number of benzene rings is 2. The van der Waals surface area contributed by atoms with Crippen LogP contribution in [-0.4, -0.2) is 49.1 Å². The van der Waals surface area contributed by atoms with Crippen LogP contribution in [0.2, 0.25) is 0 Å². The van der Waals surface area contributed by atoms with Crippen LogP contribution in [0.4, 0.5) is 24.9 Å². The highest BCUT2D eigenvalue weighted by atomic mass is 79.9. The second-order valence-corrected chi connectivity index (χ2v) is 10.6. The molecule has 6 nitrogen and oxygen atoms in total. The molecule has 0 radical (unpaired) electrons. The van der Waals surface area contributed by atoms with Gasteiger partial charge in [-0.25, -0.2) is 4.98 Å². The molecule has 1 heterocycles. The molecule has 0 aliphatic heterocycles. The Morgan fingerprint density at radius 3 is 2.36 bits per heavy atom. The van der Waals surface area contributed by atoms with Crippen molar-refractivity contribution in [3.63, 3.8) is 0 Å². The monoisotopic (exact) mass is 651 g/mol. The molecule has 2 N–H and O–H groups in total. The fourth-order valence-corrected chi connectivity index (χ4v) is 5.13. The van der Waals surface area contributed by atoms with Gasteiger partial charge in [0.15, 0.2) is 0 Å². The van der Waals surface area contributed by atoms with Gasteiger partial charge in [-0.05, 0) is 81.3 Å². The summed E-state index contributed by atoms with van der Waals surface area (Å²) in [6.07, 6.45) is 1.69. The lowest BCUT2D eigenvalue weighted by atomic mass is 9.91. The van der Waals surface area contributed by atoms with Crippen molar-refractivity contribution >= 4 is 63.4 Å². The molecular formula is C27H35BrCl2F3N5O. The summed E-state index contributed by atoms with van der Waals surface area (Å²) in [6.45, 7) is 0.842. The molecule has 0 amide bonds. The largest absolute Gasteiger partial charge is 0.573 e. The maximum absolute atomic E-state index is 12.7. The van der Waals surface area contributed by atoms with Crippen LogP contribution in [0.1, 0.15) is 44.1 Å². The van der Waals surface area contributed by atoms with Gasteiger partial charge >= 0.3 is 6.36 Å². The van der Waals surface area contributed by atoms with Gasteiger partial charge in [0, 0.05) is 36.0 Å². The topological polar surface area (TPSA) is 62.3 Å². The van der Waals surface area contributed by atoms with E-state index in [1.807, 2.05) is 43.3 Å². The zero-order valence-corrected chi connectivity index (χ0v) is 25.2. The van der Waals surface area contributed by atoms with Gasteiger partial charge in [0.05, 0.1) is 5.52 Å². The smallest absolute Gasteiger partial charge is 0.405 e. The molecule has 1 aromatic heterocycles. The average Bonchev–Trinajstić information content (AvgIpc) is 2.84. The van der Waals surface area contributed by atoms with E-state index >= 15 is 0 Å². The first kappa shape index (κ1) is 33.2. The van der Waals surface area contributed by atoms with Crippen LogP contribution < -0.4 is 20.3 Å². The number of nitrogens with zero attached hydrogens (tertiary/aromatic N) is 3. The van der Waals surface area contributed by atoms with Gasteiger partial charge in [-0.15, -0.1) is 38.0 Å². The minimum atomic E-state index is -4.69. The van der Waals surface area contributed by atoms with E-state index in [0.717, 1.165) is 61.8 Å². The Balaban J connectivity index is 0.00000267. The Labute approximate surface area is 248 Å². The summed E-state index contributed by atoms with van der Waals surface area (Å²) in [6, 6.07) is 13.6. The number of hydrogen-bond acceptors (Lipinski definition) is 6. The van der Waals surface area contributed by atoms with E-state index in [-0.39, 0.29) is 30.6 Å². The number of para-hydroxylation sites is 1. The zero-order chi connectivity index (χ0) is 26.4. The van der Waals surface area contributed by atoms with Gasteiger partial charge in [0.1, 0.15) is 11.6 Å². The first-order valence-electron chi connectivity index (χ1n) is 12.7. The number of unbranched alkanes of at least 4 members (excludes halogenated alkanes) is 1. The summed E-state index contributed by atoms with van der Waals surface area (Å²) in [7, 11) is 3.98. The third-order valence-electron chi connectivity index (χ3n) is 6.63. The van der Waals surface area contributed by atoms with Gasteiger partial charge in [-0.1, -0.05) is 34.1 Å². The number of aryl methyl sites for hydroxylation is 1. The molecule has 2 aromatic carbocycles. The van der Waals surface area contributed by atoms with Crippen LogP contribution in [0, 0.1) is 0 Å². The van der Waals surface area contributed by atoms with Gasteiger partial charge in [-0.3, -0.25) is 0 Å². The van der Waals surface area contributed by atoms with Crippen molar-refractivity contribution in [1.29, 1.82) is 0 Å². The Morgan fingerprint density at radius 2 is 1.67 bits per heavy atom. The molecule has 1 aliphatic carbocycles. The molecule has 0 bridgehead atoms. The molecule has 12 heteroatoms. The van der Waals surface area contributed by atoms with E-state index in [2.05, 4.69) is 31.3 Å². The third-order valence-corrected chi connectivity index (χ3v) is 7.12. The van der Waals surface area contributed by atoms with Crippen LogP contribution in [-0.2, 0) is 6.42 Å². The number of aromatic nitrogens is 2.